The summed E-state index contributed by atoms with van der Waals surface area (Å²) in [6.07, 6.45) is 1.98. The van der Waals surface area contributed by atoms with Gasteiger partial charge in [0.1, 0.15) is 5.75 Å². The third kappa shape index (κ3) is 5.58. The quantitative estimate of drug-likeness (QED) is 0.796. The van der Waals surface area contributed by atoms with Gasteiger partial charge in [0, 0.05) is 11.4 Å². The van der Waals surface area contributed by atoms with E-state index in [1.54, 1.807) is 6.07 Å². The highest BCUT2D eigenvalue weighted by Gasteiger charge is 2.06. The van der Waals surface area contributed by atoms with Gasteiger partial charge in [-0.15, -0.1) is 0 Å². The number of carbonyl (C=O) groups is 1. The Kier molecular flexibility index (Phi) is 5.91. The van der Waals surface area contributed by atoms with E-state index in [0.717, 1.165) is 18.4 Å². The number of ether oxygens (including phenoxy) is 1. The first kappa shape index (κ1) is 16.7. The first-order chi connectivity index (χ1) is 11.1. The molecule has 23 heavy (non-hydrogen) atoms. The number of rotatable bonds is 6. The summed E-state index contributed by atoms with van der Waals surface area (Å²) in [6, 6.07) is 12.9. The number of alkyl halides is 2. The Labute approximate surface area is 133 Å². The van der Waals surface area contributed by atoms with Gasteiger partial charge in [-0.2, -0.15) is 8.78 Å². The molecule has 2 rings (SSSR count). The van der Waals surface area contributed by atoms with E-state index >= 15 is 0 Å². The molecule has 2 aromatic rings. The summed E-state index contributed by atoms with van der Waals surface area (Å²) in [4.78, 5) is 11.9. The summed E-state index contributed by atoms with van der Waals surface area (Å²) >= 11 is 0. The van der Waals surface area contributed by atoms with E-state index in [1.165, 1.54) is 24.3 Å². The monoisotopic (exact) mass is 320 g/mol. The molecule has 2 aromatic carbocycles. The fourth-order valence-corrected chi connectivity index (χ4v) is 2.11. The van der Waals surface area contributed by atoms with Crippen LogP contribution in [0.15, 0.2) is 48.5 Å². The number of hydrogen-bond donors (Lipinski definition) is 2. The molecule has 0 saturated heterocycles. The van der Waals surface area contributed by atoms with Gasteiger partial charge < -0.3 is 15.4 Å². The maximum absolute atomic E-state index is 12.1. The van der Waals surface area contributed by atoms with Crippen molar-refractivity contribution >= 4 is 17.4 Å². The Morgan fingerprint density at radius 1 is 1.09 bits per heavy atom. The number of anilines is 2. The largest absolute Gasteiger partial charge is 0.435 e. The van der Waals surface area contributed by atoms with Gasteiger partial charge in [-0.05, 0) is 48.4 Å². The van der Waals surface area contributed by atoms with Crippen LogP contribution < -0.4 is 15.4 Å². The standard InChI is InChI=1S/C17H18F2N2O2/c1-2-4-12-5-3-6-14(11-12)21-17(22)20-13-7-9-15(10-8-13)23-16(18)19/h3,5-11,16H,2,4H2,1H3,(H2,20,21,22). The van der Waals surface area contributed by atoms with Crippen molar-refractivity contribution in [2.45, 2.75) is 26.4 Å². The molecule has 2 amide bonds. The second-order valence-corrected chi connectivity index (χ2v) is 4.93. The maximum atomic E-state index is 12.1. The van der Waals surface area contributed by atoms with Gasteiger partial charge in [-0.3, -0.25) is 0 Å². The van der Waals surface area contributed by atoms with Gasteiger partial charge in [0.15, 0.2) is 0 Å². The van der Waals surface area contributed by atoms with Crippen LogP contribution in [0.4, 0.5) is 25.0 Å². The molecule has 6 heteroatoms. The second-order valence-electron chi connectivity index (χ2n) is 4.93. The zero-order valence-corrected chi connectivity index (χ0v) is 12.7. The van der Waals surface area contributed by atoms with Crippen molar-refractivity contribution in [2.75, 3.05) is 10.6 Å². The normalized spacial score (nSPS) is 10.4. The van der Waals surface area contributed by atoms with Crippen molar-refractivity contribution in [2.24, 2.45) is 0 Å². The SMILES string of the molecule is CCCc1cccc(NC(=O)Nc2ccc(OC(F)F)cc2)c1. The molecular weight excluding hydrogens is 302 g/mol. The van der Waals surface area contributed by atoms with E-state index in [0.29, 0.717) is 11.4 Å². The van der Waals surface area contributed by atoms with Crippen molar-refractivity contribution in [3.8, 4) is 5.75 Å². The number of halogens is 2. The highest BCUT2D eigenvalue weighted by molar-refractivity contribution is 5.99. The van der Waals surface area contributed by atoms with Crippen LogP contribution in [0.25, 0.3) is 0 Å². The average Bonchev–Trinajstić information content (AvgIpc) is 2.49. The lowest BCUT2D eigenvalue weighted by atomic mass is 10.1. The average molecular weight is 320 g/mol. The van der Waals surface area contributed by atoms with Crippen LogP contribution in [-0.2, 0) is 6.42 Å². The fourth-order valence-electron chi connectivity index (χ4n) is 2.11. The molecule has 0 radical (unpaired) electrons. The highest BCUT2D eigenvalue weighted by atomic mass is 19.3. The zero-order chi connectivity index (χ0) is 16.7. The van der Waals surface area contributed by atoms with Crippen molar-refractivity contribution < 1.29 is 18.3 Å². The summed E-state index contributed by atoms with van der Waals surface area (Å²) in [5.74, 6) is 0.0400. The zero-order valence-electron chi connectivity index (χ0n) is 12.7. The van der Waals surface area contributed by atoms with Crippen LogP contribution >= 0.6 is 0 Å². The summed E-state index contributed by atoms with van der Waals surface area (Å²) in [5, 5.41) is 5.36. The molecule has 0 heterocycles. The number of aryl methyl sites for hydroxylation is 1. The number of benzene rings is 2. The molecule has 0 aliphatic carbocycles. The molecule has 2 N–H and O–H groups in total. The molecule has 122 valence electrons. The minimum Gasteiger partial charge on any atom is -0.435 e. The third-order valence-electron chi connectivity index (χ3n) is 3.06. The van der Waals surface area contributed by atoms with Crippen LogP contribution in [-0.4, -0.2) is 12.6 Å². The number of amides is 2. The summed E-state index contributed by atoms with van der Waals surface area (Å²) in [6.45, 7) is -0.777. The smallest absolute Gasteiger partial charge is 0.387 e. The summed E-state index contributed by atoms with van der Waals surface area (Å²) in [7, 11) is 0. The van der Waals surface area contributed by atoms with E-state index in [1.807, 2.05) is 18.2 Å². The molecule has 0 spiro atoms. The number of hydrogen-bond acceptors (Lipinski definition) is 2. The molecule has 0 saturated carbocycles. The highest BCUT2D eigenvalue weighted by Crippen LogP contribution is 2.18. The Bertz CT molecular complexity index is 645. The lowest BCUT2D eigenvalue weighted by Gasteiger charge is -2.10. The van der Waals surface area contributed by atoms with Crippen LogP contribution in [0.5, 0.6) is 5.75 Å². The van der Waals surface area contributed by atoms with Crippen LogP contribution in [0.1, 0.15) is 18.9 Å². The Hall–Kier alpha value is -2.63. The van der Waals surface area contributed by atoms with Gasteiger partial charge in [0.25, 0.3) is 0 Å². The number of urea groups is 1. The van der Waals surface area contributed by atoms with Gasteiger partial charge in [0.05, 0.1) is 0 Å². The van der Waals surface area contributed by atoms with Crippen LogP contribution in [0.2, 0.25) is 0 Å². The molecule has 0 fully saturated rings. The predicted octanol–water partition coefficient (Wildman–Crippen LogP) is 4.88. The van der Waals surface area contributed by atoms with E-state index in [-0.39, 0.29) is 5.75 Å². The lowest BCUT2D eigenvalue weighted by molar-refractivity contribution is -0.0498. The van der Waals surface area contributed by atoms with Gasteiger partial charge in [0.2, 0.25) is 0 Å². The summed E-state index contributed by atoms with van der Waals surface area (Å²) < 4.78 is 28.4. The van der Waals surface area contributed by atoms with E-state index < -0.39 is 12.6 Å². The van der Waals surface area contributed by atoms with Crippen molar-refractivity contribution in [1.82, 2.24) is 0 Å². The maximum Gasteiger partial charge on any atom is 0.387 e. The molecule has 0 atom stereocenters. The van der Waals surface area contributed by atoms with Gasteiger partial charge in [-0.25, -0.2) is 4.79 Å². The minimum absolute atomic E-state index is 0.0400. The minimum atomic E-state index is -2.87. The van der Waals surface area contributed by atoms with Gasteiger partial charge >= 0.3 is 12.6 Å². The molecular formula is C17H18F2N2O2. The third-order valence-corrected chi connectivity index (χ3v) is 3.06. The fraction of sp³-hybridized carbons (Fsp3) is 0.235. The predicted molar refractivity (Wildman–Crippen MR) is 86.2 cm³/mol. The van der Waals surface area contributed by atoms with Crippen LogP contribution in [0, 0.1) is 0 Å². The molecule has 0 unspecified atom stereocenters. The molecule has 0 aliphatic heterocycles. The Morgan fingerprint density at radius 3 is 2.43 bits per heavy atom. The van der Waals surface area contributed by atoms with E-state index in [9.17, 15) is 13.6 Å². The molecule has 4 nitrogen and oxygen atoms in total. The second kappa shape index (κ2) is 8.12. The topological polar surface area (TPSA) is 50.4 Å². The summed E-state index contributed by atoms with van der Waals surface area (Å²) in [5.41, 5.74) is 2.33. The molecule has 0 aromatic heterocycles. The number of carbonyl (C=O) groups excluding carboxylic acids is 1. The first-order valence-corrected chi connectivity index (χ1v) is 7.28. The van der Waals surface area contributed by atoms with Crippen molar-refractivity contribution in [1.29, 1.82) is 0 Å². The van der Waals surface area contributed by atoms with E-state index in [4.69, 9.17) is 0 Å². The Morgan fingerprint density at radius 2 is 1.78 bits per heavy atom. The van der Waals surface area contributed by atoms with Crippen molar-refractivity contribution in [3.63, 3.8) is 0 Å². The Balaban J connectivity index is 1.92. The molecule has 0 aliphatic rings. The first-order valence-electron chi connectivity index (χ1n) is 7.28. The van der Waals surface area contributed by atoms with Crippen molar-refractivity contribution in [3.05, 3.63) is 54.1 Å². The van der Waals surface area contributed by atoms with Gasteiger partial charge in [-0.1, -0.05) is 25.5 Å². The van der Waals surface area contributed by atoms with Crippen LogP contribution in [0.3, 0.4) is 0 Å². The lowest BCUT2D eigenvalue weighted by Crippen LogP contribution is -2.19. The van der Waals surface area contributed by atoms with E-state index in [2.05, 4.69) is 22.3 Å². The molecule has 0 bridgehead atoms. The number of nitrogens with one attached hydrogen (secondary N) is 2.